The second kappa shape index (κ2) is 42.8. The molecule has 0 N–H and O–H groups in total. The zero-order valence-electron chi connectivity index (χ0n) is 35.2. The highest BCUT2D eigenvalue weighted by Crippen LogP contribution is 2.13. The Labute approximate surface area is 332 Å². The van der Waals surface area contributed by atoms with Crippen LogP contribution >= 0.6 is 0 Å². The first-order valence-corrected chi connectivity index (χ1v) is 22.3. The van der Waals surface area contributed by atoms with E-state index in [1.165, 1.54) is 57.8 Å². The van der Waals surface area contributed by atoms with Crippen LogP contribution in [0.4, 0.5) is 0 Å². The van der Waals surface area contributed by atoms with Crippen molar-refractivity contribution in [2.75, 3.05) is 13.2 Å². The van der Waals surface area contributed by atoms with E-state index in [-0.39, 0.29) is 31.1 Å². The highest BCUT2D eigenvalue weighted by atomic mass is 16.6. The first kappa shape index (κ1) is 51.1. The fraction of sp³-hybridized carbons (Fsp3) is 0.729. The molecule has 0 aromatic rings. The maximum Gasteiger partial charge on any atom is 0.306 e. The molecule has 0 saturated carbocycles. The predicted octanol–water partition coefficient (Wildman–Crippen LogP) is 14.1. The minimum atomic E-state index is -0.790. The Morgan fingerprint density at radius 3 is 1.20 bits per heavy atom. The lowest BCUT2D eigenvalue weighted by atomic mass is 10.1. The zero-order chi connectivity index (χ0) is 39.4. The molecule has 54 heavy (non-hydrogen) atoms. The van der Waals surface area contributed by atoms with Gasteiger partial charge in [-0.05, 0) is 77.0 Å². The Morgan fingerprint density at radius 2 is 0.741 bits per heavy atom. The monoisotopic (exact) mass is 755 g/mol. The molecule has 6 nitrogen and oxygen atoms in total. The van der Waals surface area contributed by atoms with Crippen molar-refractivity contribution < 1.29 is 28.6 Å². The average molecular weight is 755 g/mol. The number of carbonyl (C=O) groups is 3. The summed E-state index contributed by atoms with van der Waals surface area (Å²) in [4.78, 5) is 37.6. The molecule has 1 unspecified atom stereocenters. The third kappa shape index (κ3) is 40.3. The van der Waals surface area contributed by atoms with Crippen LogP contribution in [-0.4, -0.2) is 37.2 Å². The fourth-order valence-corrected chi connectivity index (χ4v) is 5.88. The van der Waals surface area contributed by atoms with E-state index in [1.54, 1.807) is 0 Å². The first-order chi connectivity index (χ1) is 26.5. The second-order valence-electron chi connectivity index (χ2n) is 14.6. The molecule has 0 aliphatic carbocycles. The van der Waals surface area contributed by atoms with Crippen LogP contribution in [-0.2, 0) is 28.6 Å². The van der Waals surface area contributed by atoms with Gasteiger partial charge in [0.25, 0.3) is 0 Å². The molecule has 0 aliphatic rings. The van der Waals surface area contributed by atoms with E-state index in [0.29, 0.717) is 19.3 Å². The Morgan fingerprint density at radius 1 is 0.389 bits per heavy atom. The summed E-state index contributed by atoms with van der Waals surface area (Å²) in [5.74, 6) is -0.942. The normalized spacial score (nSPS) is 12.6. The van der Waals surface area contributed by atoms with Gasteiger partial charge in [0.05, 0.1) is 0 Å². The molecule has 0 aromatic carbocycles. The topological polar surface area (TPSA) is 78.9 Å². The molecule has 6 heteroatoms. The van der Waals surface area contributed by atoms with Crippen LogP contribution in [0.15, 0.2) is 60.8 Å². The summed E-state index contributed by atoms with van der Waals surface area (Å²) in [7, 11) is 0. The van der Waals surface area contributed by atoms with E-state index in [4.69, 9.17) is 14.2 Å². The summed E-state index contributed by atoms with van der Waals surface area (Å²) in [6, 6.07) is 0. The molecular formula is C48H82O6. The molecule has 0 bridgehead atoms. The molecule has 1 atom stereocenters. The minimum absolute atomic E-state index is 0.0903. The van der Waals surface area contributed by atoms with Crippen molar-refractivity contribution in [1.29, 1.82) is 0 Å². The summed E-state index contributed by atoms with van der Waals surface area (Å²) < 4.78 is 16.6. The fourth-order valence-electron chi connectivity index (χ4n) is 5.88. The van der Waals surface area contributed by atoms with Crippen molar-refractivity contribution in [3.8, 4) is 0 Å². The second-order valence-corrected chi connectivity index (χ2v) is 14.6. The van der Waals surface area contributed by atoms with Crippen LogP contribution in [0, 0.1) is 0 Å². The smallest absolute Gasteiger partial charge is 0.306 e. The van der Waals surface area contributed by atoms with Gasteiger partial charge in [-0.15, -0.1) is 0 Å². The van der Waals surface area contributed by atoms with Crippen molar-refractivity contribution in [3.63, 3.8) is 0 Å². The Hall–Kier alpha value is -2.89. The summed E-state index contributed by atoms with van der Waals surface area (Å²) in [5.41, 5.74) is 0. The SMILES string of the molecule is CC/C=C\C/C=C\C/C=C\CCCCCC(=O)OC(COC(=O)CCCCCCC/C=C\C/C=C\CCCC)COC(=O)CCCCCCCCCCC. The molecule has 0 aromatic heterocycles. The lowest BCUT2D eigenvalue weighted by molar-refractivity contribution is -0.167. The van der Waals surface area contributed by atoms with E-state index in [1.807, 2.05) is 0 Å². The van der Waals surface area contributed by atoms with Gasteiger partial charge in [-0.2, -0.15) is 0 Å². The lowest BCUT2D eigenvalue weighted by Crippen LogP contribution is -2.30. The van der Waals surface area contributed by atoms with Crippen LogP contribution < -0.4 is 0 Å². The summed E-state index contributed by atoms with van der Waals surface area (Å²) in [5, 5.41) is 0. The number of esters is 3. The molecule has 0 spiro atoms. The summed E-state index contributed by atoms with van der Waals surface area (Å²) >= 11 is 0. The molecule has 0 saturated heterocycles. The maximum atomic E-state index is 12.7. The van der Waals surface area contributed by atoms with Crippen molar-refractivity contribution in [3.05, 3.63) is 60.8 Å². The average Bonchev–Trinajstić information content (AvgIpc) is 3.17. The Bertz CT molecular complexity index is 1010. The van der Waals surface area contributed by atoms with E-state index in [2.05, 4.69) is 81.5 Å². The number of hydrogen-bond donors (Lipinski definition) is 0. The quantitative estimate of drug-likeness (QED) is 0.0269. The summed E-state index contributed by atoms with van der Waals surface area (Å²) in [6.45, 7) is 6.40. The third-order valence-corrected chi connectivity index (χ3v) is 9.26. The van der Waals surface area contributed by atoms with Gasteiger partial charge >= 0.3 is 17.9 Å². The van der Waals surface area contributed by atoms with Gasteiger partial charge in [-0.1, -0.05) is 171 Å². The largest absolute Gasteiger partial charge is 0.462 e. The van der Waals surface area contributed by atoms with Crippen LogP contribution in [0.3, 0.4) is 0 Å². The number of carbonyl (C=O) groups excluding carboxylic acids is 3. The van der Waals surface area contributed by atoms with E-state index in [9.17, 15) is 14.4 Å². The standard InChI is InChI=1S/C48H82O6/c1-4-7-10-13-16-19-21-23-25-26-29-32-35-38-41-47(50)53-44-45(43-52-46(49)40-37-34-31-28-18-15-12-9-6-3)54-48(51)42-39-36-33-30-27-24-22-20-17-14-11-8-5-2/h8,11,13,16-17,20-21,23-24,27,45H,4-7,9-10,12,14-15,18-19,22,25-26,28-44H2,1-3H3/b11-8-,16-13-,20-17-,23-21-,27-24-. The van der Waals surface area contributed by atoms with E-state index < -0.39 is 6.10 Å². The highest BCUT2D eigenvalue weighted by molar-refractivity contribution is 5.71. The van der Waals surface area contributed by atoms with Crippen LogP contribution in [0.25, 0.3) is 0 Å². The number of rotatable bonds is 39. The van der Waals surface area contributed by atoms with Crippen molar-refractivity contribution >= 4 is 17.9 Å². The number of hydrogen-bond acceptors (Lipinski definition) is 6. The van der Waals surface area contributed by atoms with Gasteiger partial charge in [0.2, 0.25) is 0 Å². The van der Waals surface area contributed by atoms with Crippen LogP contribution in [0.2, 0.25) is 0 Å². The van der Waals surface area contributed by atoms with Gasteiger partial charge in [0.1, 0.15) is 13.2 Å². The number of ether oxygens (including phenoxy) is 3. The lowest BCUT2D eigenvalue weighted by Gasteiger charge is -2.18. The van der Waals surface area contributed by atoms with Crippen molar-refractivity contribution in [2.24, 2.45) is 0 Å². The van der Waals surface area contributed by atoms with Crippen molar-refractivity contribution in [2.45, 2.75) is 213 Å². The molecular weight excluding hydrogens is 673 g/mol. The molecule has 0 aliphatic heterocycles. The maximum absolute atomic E-state index is 12.7. The van der Waals surface area contributed by atoms with Crippen LogP contribution in [0.5, 0.6) is 0 Å². The van der Waals surface area contributed by atoms with Crippen molar-refractivity contribution in [1.82, 2.24) is 0 Å². The number of allylic oxidation sites excluding steroid dienone is 10. The van der Waals surface area contributed by atoms with Gasteiger partial charge < -0.3 is 14.2 Å². The van der Waals surface area contributed by atoms with E-state index in [0.717, 1.165) is 109 Å². The zero-order valence-corrected chi connectivity index (χ0v) is 35.2. The van der Waals surface area contributed by atoms with Gasteiger partial charge in [-0.3, -0.25) is 14.4 Å². The van der Waals surface area contributed by atoms with Crippen LogP contribution in [0.1, 0.15) is 207 Å². The molecule has 0 fully saturated rings. The molecule has 0 amide bonds. The molecule has 0 heterocycles. The highest BCUT2D eigenvalue weighted by Gasteiger charge is 2.19. The Balaban J connectivity index is 4.44. The molecule has 0 radical (unpaired) electrons. The first-order valence-electron chi connectivity index (χ1n) is 22.3. The Kier molecular flexibility index (Phi) is 40.6. The predicted molar refractivity (Wildman–Crippen MR) is 228 cm³/mol. The number of unbranched alkanes of at least 4 members (excludes halogenated alkanes) is 18. The molecule has 310 valence electrons. The third-order valence-electron chi connectivity index (χ3n) is 9.26. The van der Waals surface area contributed by atoms with Gasteiger partial charge in [-0.25, -0.2) is 0 Å². The summed E-state index contributed by atoms with van der Waals surface area (Å²) in [6.07, 6.45) is 50.6. The van der Waals surface area contributed by atoms with Gasteiger partial charge in [0, 0.05) is 19.3 Å². The van der Waals surface area contributed by atoms with Gasteiger partial charge in [0.15, 0.2) is 6.10 Å². The minimum Gasteiger partial charge on any atom is -0.462 e. The van der Waals surface area contributed by atoms with E-state index >= 15 is 0 Å². The molecule has 0 rings (SSSR count).